The van der Waals surface area contributed by atoms with Gasteiger partial charge in [-0.05, 0) is 24.1 Å². The number of aromatic nitrogens is 4. The minimum atomic E-state index is -0.481. The number of hydrogen-bond acceptors (Lipinski definition) is 5. The van der Waals surface area contributed by atoms with Gasteiger partial charge in [0.2, 0.25) is 5.91 Å². The molecule has 136 valence electrons. The van der Waals surface area contributed by atoms with E-state index >= 15 is 0 Å². The number of rotatable bonds is 2. The van der Waals surface area contributed by atoms with Crippen LogP contribution in [-0.4, -0.2) is 31.6 Å². The Kier molecular flexibility index (Phi) is 3.95. The van der Waals surface area contributed by atoms with Crippen molar-refractivity contribution in [2.75, 3.05) is 11.4 Å². The van der Waals surface area contributed by atoms with Crippen molar-refractivity contribution in [1.82, 2.24) is 19.1 Å². The minimum absolute atomic E-state index is 0.215. The molecule has 27 heavy (non-hydrogen) atoms. The normalized spacial score (nSPS) is 16.2. The van der Waals surface area contributed by atoms with Crippen molar-refractivity contribution in [2.45, 2.75) is 12.5 Å². The van der Waals surface area contributed by atoms with Crippen molar-refractivity contribution in [3.8, 4) is 0 Å². The van der Waals surface area contributed by atoms with E-state index in [-0.39, 0.29) is 11.3 Å². The first-order chi connectivity index (χ1) is 13.0. The van der Waals surface area contributed by atoms with E-state index in [4.69, 9.17) is 0 Å². The summed E-state index contributed by atoms with van der Waals surface area (Å²) < 4.78 is 2.59. The van der Waals surface area contributed by atoms with Crippen LogP contribution in [0.5, 0.6) is 0 Å². The zero-order valence-corrected chi connectivity index (χ0v) is 14.7. The van der Waals surface area contributed by atoms with Gasteiger partial charge in [-0.3, -0.25) is 18.7 Å². The largest absolute Gasteiger partial charge is 0.332 e. The van der Waals surface area contributed by atoms with Crippen LogP contribution in [0.3, 0.4) is 0 Å². The third kappa shape index (κ3) is 2.49. The van der Waals surface area contributed by atoms with E-state index in [0.717, 1.165) is 5.56 Å². The monoisotopic (exact) mass is 363 g/mol. The van der Waals surface area contributed by atoms with Crippen LogP contribution in [0, 0.1) is 0 Å². The fourth-order valence-corrected chi connectivity index (χ4v) is 3.63. The summed E-state index contributed by atoms with van der Waals surface area (Å²) in [5.41, 5.74) is 0.835. The summed E-state index contributed by atoms with van der Waals surface area (Å²) in [5, 5.41) is 0.279. The second-order valence-electron chi connectivity index (χ2n) is 6.33. The van der Waals surface area contributed by atoms with Crippen LogP contribution in [0.25, 0.3) is 11.0 Å². The van der Waals surface area contributed by atoms with E-state index in [2.05, 4.69) is 16.5 Å². The molecule has 3 heterocycles. The molecule has 0 fully saturated rings. The topological polar surface area (TPSA) is 90.1 Å². The van der Waals surface area contributed by atoms with Crippen LogP contribution in [0.2, 0.25) is 0 Å². The highest BCUT2D eigenvalue weighted by Crippen LogP contribution is 2.35. The van der Waals surface area contributed by atoms with Gasteiger partial charge in [0, 0.05) is 25.5 Å². The number of fused-ring (bicyclic) bond motifs is 2. The molecule has 4 rings (SSSR count). The van der Waals surface area contributed by atoms with E-state index in [1.165, 1.54) is 27.7 Å². The number of benzene rings is 1. The zero-order chi connectivity index (χ0) is 19.1. The lowest BCUT2D eigenvalue weighted by molar-refractivity contribution is -0.114. The molecule has 1 amide bonds. The van der Waals surface area contributed by atoms with E-state index in [1.807, 2.05) is 24.3 Å². The SMILES string of the molecule is C=CC(=O)N1CCC(n2c(=O)c3cncnc3n(C)c2=O)c2ccccc21. The lowest BCUT2D eigenvalue weighted by atomic mass is 9.96. The molecule has 0 saturated carbocycles. The van der Waals surface area contributed by atoms with Crippen LogP contribution < -0.4 is 16.1 Å². The molecule has 1 aliphatic heterocycles. The highest BCUT2D eigenvalue weighted by molar-refractivity contribution is 6.02. The number of carbonyl (C=O) groups excluding carboxylic acids is 1. The van der Waals surface area contributed by atoms with Gasteiger partial charge >= 0.3 is 5.69 Å². The summed E-state index contributed by atoms with van der Waals surface area (Å²) in [6.07, 6.45) is 4.42. The standard InChI is InChI=1S/C19H17N5O3/c1-3-16(25)23-9-8-15(12-6-4-5-7-14(12)23)24-18(26)13-10-20-11-21-17(13)22(2)19(24)27/h3-7,10-11,15H,1,8-9H2,2H3. The Morgan fingerprint density at radius 1 is 1.30 bits per heavy atom. The molecular formula is C19H17N5O3. The quantitative estimate of drug-likeness (QED) is 0.634. The van der Waals surface area contributed by atoms with Crippen molar-refractivity contribution in [3.05, 3.63) is 75.8 Å². The van der Waals surface area contributed by atoms with Gasteiger partial charge in [0.1, 0.15) is 11.7 Å². The predicted molar refractivity (Wildman–Crippen MR) is 101 cm³/mol. The van der Waals surface area contributed by atoms with Gasteiger partial charge in [-0.1, -0.05) is 24.8 Å². The van der Waals surface area contributed by atoms with E-state index in [9.17, 15) is 14.4 Å². The van der Waals surface area contributed by atoms with Crippen molar-refractivity contribution in [3.63, 3.8) is 0 Å². The lowest BCUT2D eigenvalue weighted by Gasteiger charge is -2.34. The van der Waals surface area contributed by atoms with Crippen LogP contribution in [0.4, 0.5) is 5.69 Å². The number of hydrogen-bond donors (Lipinski definition) is 0. The molecule has 0 bridgehead atoms. The van der Waals surface area contributed by atoms with Crippen LogP contribution in [0.15, 0.2) is 59.0 Å². The Hall–Kier alpha value is -3.55. The molecule has 1 atom stereocenters. The number of anilines is 1. The predicted octanol–water partition coefficient (Wildman–Crippen LogP) is 1.00. The number of aryl methyl sites for hydroxylation is 1. The first-order valence-corrected chi connectivity index (χ1v) is 8.48. The Morgan fingerprint density at radius 2 is 2.07 bits per heavy atom. The summed E-state index contributed by atoms with van der Waals surface area (Å²) in [5.74, 6) is -0.215. The second kappa shape index (κ2) is 6.31. The molecule has 0 radical (unpaired) electrons. The Labute approximate surface area is 154 Å². The Bertz CT molecular complexity index is 1190. The van der Waals surface area contributed by atoms with Crippen molar-refractivity contribution in [1.29, 1.82) is 0 Å². The fourth-order valence-electron chi connectivity index (χ4n) is 3.63. The fraction of sp³-hybridized carbons (Fsp3) is 0.211. The first-order valence-electron chi connectivity index (χ1n) is 8.48. The number of para-hydroxylation sites is 1. The molecule has 3 aromatic rings. The maximum Gasteiger partial charge on any atom is 0.332 e. The number of carbonyl (C=O) groups is 1. The van der Waals surface area contributed by atoms with E-state index in [1.54, 1.807) is 11.9 Å². The minimum Gasteiger partial charge on any atom is -0.308 e. The summed E-state index contributed by atoms with van der Waals surface area (Å²) in [7, 11) is 1.58. The Morgan fingerprint density at radius 3 is 2.85 bits per heavy atom. The third-order valence-corrected chi connectivity index (χ3v) is 4.92. The van der Waals surface area contributed by atoms with Gasteiger partial charge in [0.25, 0.3) is 5.56 Å². The molecule has 0 N–H and O–H groups in total. The summed E-state index contributed by atoms with van der Waals surface area (Å²) in [4.78, 5) is 47.8. The lowest BCUT2D eigenvalue weighted by Crippen LogP contribution is -2.45. The van der Waals surface area contributed by atoms with Crippen LogP contribution in [0.1, 0.15) is 18.0 Å². The van der Waals surface area contributed by atoms with Gasteiger partial charge in [0.05, 0.1) is 6.04 Å². The van der Waals surface area contributed by atoms with Crippen LogP contribution in [-0.2, 0) is 11.8 Å². The van der Waals surface area contributed by atoms with Crippen molar-refractivity contribution >= 4 is 22.6 Å². The third-order valence-electron chi connectivity index (χ3n) is 4.92. The molecule has 0 aliphatic carbocycles. The summed E-state index contributed by atoms with van der Waals surface area (Å²) >= 11 is 0. The first kappa shape index (κ1) is 16.9. The van der Waals surface area contributed by atoms with Crippen molar-refractivity contribution < 1.29 is 4.79 Å². The highest BCUT2D eigenvalue weighted by Gasteiger charge is 2.31. The molecular weight excluding hydrogens is 346 g/mol. The molecule has 2 aromatic heterocycles. The van der Waals surface area contributed by atoms with Gasteiger partial charge in [-0.15, -0.1) is 0 Å². The Balaban J connectivity index is 1.98. The van der Waals surface area contributed by atoms with Crippen molar-refractivity contribution in [2.24, 2.45) is 7.05 Å². The average Bonchev–Trinajstić information content (AvgIpc) is 2.71. The van der Waals surface area contributed by atoms with Crippen LogP contribution >= 0.6 is 0 Å². The summed E-state index contributed by atoms with van der Waals surface area (Å²) in [6, 6.07) is 6.81. The van der Waals surface area contributed by atoms with Gasteiger partial charge < -0.3 is 4.90 Å². The van der Waals surface area contributed by atoms with Gasteiger partial charge in [-0.2, -0.15) is 0 Å². The molecule has 1 aliphatic rings. The molecule has 1 unspecified atom stereocenters. The molecule has 0 saturated heterocycles. The average molecular weight is 363 g/mol. The maximum atomic E-state index is 13.1. The smallest absolute Gasteiger partial charge is 0.308 e. The maximum absolute atomic E-state index is 13.1. The second-order valence-corrected chi connectivity index (χ2v) is 6.33. The molecule has 1 aromatic carbocycles. The number of nitrogens with zero attached hydrogens (tertiary/aromatic N) is 5. The molecule has 0 spiro atoms. The molecule has 8 heteroatoms. The van der Waals surface area contributed by atoms with E-state index in [0.29, 0.717) is 24.3 Å². The number of amides is 1. The zero-order valence-electron chi connectivity index (χ0n) is 14.7. The van der Waals surface area contributed by atoms with E-state index < -0.39 is 17.3 Å². The van der Waals surface area contributed by atoms with Gasteiger partial charge in [-0.25, -0.2) is 14.8 Å². The van der Waals surface area contributed by atoms with Gasteiger partial charge in [0.15, 0.2) is 5.65 Å². The summed E-state index contributed by atoms with van der Waals surface area (Å²) in [6.45, 7) is 3.93. The highest BCUT2D eigenvalue weighted by atomic mass is 16.2. The molecule has 8 nitrogen and oxygen atoms in total.